The van der Waals surface area contributed by atoms with Crippen LogP contribution in [-0.4, -0.2) is 32.8 Å². The zero-order valence-corrected chi connectivity index (χ0v) is 24.2. The largest absolute Gasteiger partial charge is 0.465 e. The number of allylic oxidation sites excluding steroid dienone is 1. The normalized spacial score (nSPS) is 30.8. The van der Waals surface area contributed by atoms with E-state index in [-0.39, 0.29) is 28.4 Å². The van der Waals surface area contributed by atoms with Crippen molar-refractivity contribution in [1.82, 2.24) is 0 Å². The highest BCUT2D eigenvalue weighted by molar-refractivity contribution is 6.74. The summed E-state index contributed by atoms with van der Waals surface area (Å²) in [6.07, 6.45) is 13.0. The molecular weight excluding hydrogens is 440 g/mol. The van der Waals surface area contributed by atoms with Gasteiger partial charge in [-0.2, -0.15) is 0 Å². The molecule has 3 rings (SSSR count). The van der Waals surface area contributed by atoms with Crippen molar-refractivity contribution in [3.8, 4) is 0 Å². The molecule has 34 heavy (non-hydrogen) atoms. The van der Waals surface area contributed by atoms with Crippen LogP contribution >= 0.6 is 0 Å². The summed E-state index contributed by atoms with van der Waals surface area (Å²) in [6.45, 7) is 18.6. The molecule has 0 aromatic carbocycles. The minimum absolute atomic E-state index is 0.0709. The average molecular weight is 491 g/mol. The summed E-state index contributed by atoms with van der Waals surface area (Å²) in [4.78, 5) is 25.8. The SMILES string of the molecule is CCCCOC(=O)C1([C@@H](/C=C/[C@@H](C)[C@H]2CC[C@H]3C(=O)CCC[C@]23C)O[Si](C)(C)C(C)(C)C)CC1. The van der Waals surface area contributed by atoms with E-state index in [1.807, 2.05) is 0 Å². The molecule has 0 saturated heterocycles. The van der Waals surface area contributed by atoms with Gasteiger partial charge in [-0.25, -0.2) is 0 Å². The number of hydrogen-bond donors (Lipinski definition) is 0. The van der Waals surface area contributed by atoms with E-state index in [2.05, 4.69) is 66.8 Å². The standard InChI is InChI=1S/C29H50O4Si/c1-9-10-20-32-26(31)29(18-19-29)25(33-34(7,8)27(3,4)5)16-13-21(2)22-14-15-23-24(30)12-11-17-28(22,23)6/h13,16,21-23,25H,9-12,14-15,17-20H2,1-8H3/b16-13+/t21-,22-,23+,25-,28-/m1/s1. The lowest BCUT2D eigenvalue weighted by atomic mass is 9.62. The van der Waals surface area contributed by atoms with Gasteiger partial charge in [0.15, 0.2) is 8.32 Å². The van der Waals surface area contributed by atoms with Crippen molar-refractivity contribution in [2.24, 2.45) is 28.6 Å². The van der Waals surface area contributed by atoms with Gasteiger partial charge in [0.1, 0.15) is 5.78 Å². The first kappa shape index (κ1) is 27.6. The van der Waals surface area contributed by atoms with E-state index in [9.17, 15) is 9.59 Å². The minimum atomic E-state index is -2.08. The Morgan fingerprint density at radius 1 is 1.18 bits per heavy atom. The highest BCUT2D eigenvalue weighted by Crippen LogP contribution is 2.57. The number of carbonyl (C=O) groups is 2. The lowest BCUT2D eigenvalue weighted by molar-refractivity contribution is -0.153. The number of Topliss-reactive ketones (excluding diaryl/α,β-unsaturated/α-hetero) is 1. The Labute approximate surface area is 209 Å². The van der Waals surface area contributed by atoms with Crippen LogP contribution in [0.5, 0.6) is 0 Å². The monoisotopic (exact) mass is 490 g/mol. The van der Waals surface area contributed by atoms with Crippen molar-refractivity contribution in [2.45, 2.75) is 124 Å². The van der Waals surface area contributed by atoms with E-state index in [0.29, 0.717) is 24.2 Å². The van der Waals surface area contributed by atoms with Crippen molar-refractivity contribution in [1.29, 1.82) is 0 Å². The first-order valence-corrected chi connectivity index (χ1v) is 16.8. The molecular formula is C29H50O4Si. The van der Waals surface area contributed by atoms with Gasteiger partial charge in [0.25, 0.3) is 0 Å². The Hall–Kier alpha value is -0.943. The highest BCUT2D eigenvalue weighted by atomic mass is 28.4. The fraction of sp³-hybridized carbons (Fsp3) is 0.862. The summed E-state index contributed by atoms with van der Waals surface area (Å²) < 4.78 is 12.6. The fourth-order valence-corrected chi connectivity index (χ4v) is 7.56. The molecule has 3 aliphatic rings. The predicted molar refractivity (Wildman–Crippen MR) is 141 cm³/mol. The Balaban J connectivity index is 1.81. The number of ether oxygens (including phenoxy) is 1. The van der Waals surface area contributed by atoms with E-state index in [4.69, 9.17) is 9.16 Å². The number of rotatable bonds is 10. The van der Waals surface area contributed by atoms with Crippen molar-refractivity contribution in [3.05, 3.63) is 12.2 Å². The van der Waals surface area contributed by atoms with Crippen LogP contribution in [0.15, 0.2) is 12.2 Å². The van der Waals surface area contributed by atoms with E-state index in [1.54, 1.807) is 0 Å². The maximum atomic E-state index is 13.2. The summed E-state index contributed by atoms with van der Waals surface area (Å²) in [6, 6.07) is 0. The molecule has 194 valence electrons. The number of carbonyl (C=O) groups excluding carboxylic acids is 2. The number of unbranched alkanes of at least 4 members (excludes halogenated alkanes) is 1. The smallest absolute Gasteiger partial charge is 0.315 e. The topological polar surface area (TPSA) is 52.6 Å². The molecule has 5 heteroatoms. The van der Waals surface area contributed by atoms with Gasteiger partial charge < -0.3 is 9.16 Å². The number of ketones is 1. The molecule has 0 heterocycles. The van der Waals surface area contributed by atoms with E-state index in [1.165, 1.54) is 0 Å². The second-order valence-corrected chi connectivity index (χ2v) is 18.0. The molecule has 0 aromatic rings. The van der Waals surface area contributed by atoms with Crippen LogP contribution < -0.4 is 0 Å². The van der Waals surface area contributed by atoms with Gasteiger partial charge in [-0.05, 0) is 80.3 Å². The third kappa shape index (κ3) is 5.40. The molecule has 0 bridgehead atoms. The molecule has 0 N–H and O–H groups in total. The van der Waals surface area contributed by atoms with Crippen LogP contribution in [0, 0.1) is 28.6 Å². The molecule has 5 atom stereocenters. The van der Waals surface area contributed by atoms with E-state index < -0.39 is 13.7 Å². The third-order valence-corrected chi connectivity index (χ3v) is 14.3. The quantitative estimate of drug-likeness (QED) is 0.138. The van der Waals surface area contributed by atoms with Crippen molar-refractivity contribution in [2.75, 3.05) is 6.61 Å². The van der Waals surface area contributed by atoms with Crippen LogP contribution in [0.3, 0.4) is 0 Å². The molecule has 4 nitrogen and oxygen atoms in total. The van der Waals surface area contributed by atoms with Crippen LogP contribution in [-0.2, 0) is 18.8 Å². The zero-order chi connectivity index (χ0) is 25.4. The first-order valence-electron chi connectivity index (χ1n) is 13.8. The Morgan fingerprint density at radius 3 is 2.44 bits per heavy atom. The van der Waals surface area contributed by atoms with Crippen LogP contribution in [0.2, 0.25) is 18.1 Å². The Kier molecular flexibility index (Phi) is 8.29. The maximum absolute atomic E-state index is 13.2. The molecule has 0 spiro atoms. The molecule has 3 aliphatic carbocycles. The fourth-order valence-electron chi connectivity index (χ4n) is 6.27. The predicted octanol–water partition coefficient (Wildman–Crippen LogP) is 7.48. The highest BCUT2D eigenvalue weighted by Gasteiger charge is 2.59. The molecule has 3 fully saturated rings. The van der Waals surface area contributed by atoms with Gasteiger partial charge >= 0.3 is 5.97 Å². The molecule has 0 unspecified atom stereocenters. The number of fused-ring (bicyclic) bond motifs is 1. The molecule has 0 aromatic heterocycles. The van der Waals surface area contributed by atoms with Gasteiger partial charge in [-0.3, -0.25) is 9.59 Å². The lowest BCUT2D eigenvalue weighted by Gasteiger charge is -2.42. The Bertz CT molecular complexity index is 775. The maximum Gasteiger partial charge on any atom is 0.315 e. The second-order valence-electron chi connectivity index (χ2n) is 13.3. The van der Waals surface area contributed by atoms with Crippen molar-refractivity contribution < 1.29 is 18.8 Å². The summed E-state index contributed by atoms with van der Waals surface area (Å²) >= 11 is 0. The summed E-state index contributed by atoms with van der Waals surface area (Å²) in [5, 5.41) is 0.0709. The van der Waals surface area contributed by atoms with Gasteiger partial charge in [-0.1, -0.05) is 60.1 Å². The first-order chi connectivity index (χ1) is 15.8. The van der Waals surface area contributed by atoms with E-state index >= 15 is 0 Å². The lowest BCUT2D eigenvalue weighted by Crippen LogP contribution is -2.47. The van der Waals surface area contributed by atoms with Gasteiger partial charge in [0, 0.05) is 12.3 Å². The molecule has 0 aliphatic heterocycles. The minimum Gasteiger partial charge on any atom is -0.465 e. The average Bonchev–Trinajstić information content (AvgIpc) is 3.47. The zero-order valence-electron chi connectivity index (χ0n) is 23.2. The number of hydrogen-bond acceptors (Lipinski definition) is 4. The van der Waals surface area contributed by atoms with Gasteiger partial charge in [0.05, 0.1) is 18.1 Å². The third-order valence-electron chi connectivity index (χ3n) is 9.86. The summed E-state index contributed by atoms with van der Waals surface area (Å²) in [5.41, 5.74) is -0.409. The van der Waals surface area contributed by atoms with Crippen LogP contribution in [0.1, 0.15) is 99.3 Å². The van der Waals surface area contributed by atoms with Crippen molar-refractivity contribution >= 4 is 20.1 Å². The van der Waals surface area contributed by atoms with E-state index in [0.717, 1.165) is 57.8 Å². The molecule has 0 radical (unpaired) electrons. The van der Waals surface area contributed by atoms with Gasteiger partial charge in [-0.15, -0.1) is 0 Å². The summed E-state index contributed by atoms with van der Waals surface area (Å²) in [7, 11) is -2.08. The van der Waals surface area contributed by atoms with Crippen molar-refractivity contribution in [3.63, 3.8) is 0 Å². The van der Waals surface area contributed by atoms with Crippen LogP contribution in [0.4, 0.5) is 0 Å². The van der Waals surface area contributed by atoms with Gasteiger partial charge in [0.2, 0.25) is 0 Å². The van der Waals surface area contributed by atoms with Crippen LogP contribution in [0.25, 0.3) is 0 Å². The summed E-state index contributed by atoms with van der Waals surface area (Å²) in [5.74, 6) is 1.52. The Morgan fingerprint density at radius 2 is 1.85 bits per heavy atom. The second kappa shape index (κ2) is 10.2. The molecule has 3 saturated carbocycles. The molecule has 0 amide bonds. The number of esters is 1.